The number of unbranched alkanes of at least 4 members (excludes halogenated alkanes) is 1. The largest absolute Gasteiger partial charge is 0.491 e. The van der Waals surface area contributed by atoms with Gasteiger partial charge in [0.15, 0.2) is 0 Å². The zero-order chi connectivity index (χ0) is 17.4. The van der Waals surface area contributed by atoms with Crippen molar-refractivity contribution in [3.63, 3.8) is 0 Å². The van der Waals surface area contributed by atoms with Crippen LogP contribution in [0.25, 0.3) is 6.08 Å². The van der Waals surface area contributed by atoms with Crippen LogP contribution in [0.15, 0.2) is 24.3 Å². The van der Waals surface area contributed by atoms with Crippen molar-refractivity contribution in [2.24, 2.45) is 0 Å². The number of nitrogens with zero attached hydrogens (tertiary/aromatic N) is 1. The fraction of sp³-hybridized carbons (Fsp3) is 0.500. The van der Waals surface area contributed by atoms with Crippen LogP contribution in [0.1, 0.15) is 25.3 Å². The molecule has 0 saturated carbocycles. The van der Waals surface area contributed by atoms with Gasteiger partial charge in [-0.25, -0.2) is 4.39 Å². The molecule has 0 radical (unpaired) electrons. The maximum atomic E-state index is 13.6. The molecule has 1 aliphatic heterocycles. The van der Waals surface area contributed by atoms with Crippen molar-refractivity contribution in [2.75, 3.05) is 32.8 Å². The van der Waals surface area contributed by atoms with Crippen molar-refractivity contribution in [3.8, 4) is 5.75 Å². The maximum Gasteiger partial charge on any atom is 0.234 e. The van der Waals surface area contributed by atoms with Gasteiger partial charge in [-0.1, -0.05) is 25.5 Å². The van der Waals surface area contributed by atoms with Gasteiger partial charge in [0.1, 0.15) is 24.3 Å². The number of rotatable bonds is 8. The molecule has 24 heavy (non-hydrogen) atoms. The number of piperazine rings is 1. The highest BCUT2D eigenvalue weighted by Gasteiger charge is 2.19. The number of carbonyl (C=O) groups is 1. The highest BCUT2D eigenvalue weighted by atomic mass is 19.1. The van der Waals surface area contributed by atoms with Crippen LogP contribution in [-0.2, 0) is 4.79 Å². The van der Waals surface area contributed by atoms with Crippen LogP contribution < -0.4 is 10.1 Å². The molecule has 1 aromatic rings. The van der Waals surface area contributed by atoms with E-state index in [0.29, 0.717) is 25.4 Å². The second-order valence-corrected chi connectivity index (χ2v) is 5.96. The summed E-state index contributed by atoms with van der Waals surface area (Å²) in [6.07, 6.45) is 5.10. The van der Waals surface area contributed by atoms with Crippen LogP contribution in [0.4, 0.5) is 4.39 Å². The van der Waals surface area contributed by atoms with E-state index >= 15 is 0 Å². The number of β-amino-alcohol motifs (C(OH)–C–C–N with tert-alkyl or cyclic N) is 1. The third kappa shape index (κ3) is 6.29. The standard InChI is InChI=1S/C18H25FN2O3/c1-2-3-4-5-14-8-15(19)10-17(9-14)24-13-16(22)11-21-7-6-20-18(23)12-21/h4-5,8-10,16,22H,2-3,6-7,11-13H2,1H3,(H,20,23)/b5-4+. The van der Waals surface area contributed by atoms with Gasteiger partial charge in [-0.2, -0.15) is 0 Å². The number of benzene rings is 1. The molecule has 1 unspecified atom stereocenters. The smallest absolute Gasteiger partial charge is 0.234 e. The lowest BCUT2D eigenvalue weighted by molar-refractivity contribution is -0.124. The summed E-state index contributed by atoms with van der Waals surface area (Å²) in [6.45, 7) is 4.06. The fourth-order valence-corrected chi connectivity index (χ4v) is 2.54. The van der Waals surface area contributed by atoms with Crippen LogP contribution in [-0.4, -0.2) is 54.8 Å². The Morgan fingerprint density at radius 2 is 2.29 bits per heavy atom. The third-order valence-corrected chi connectivity index (χ3v) is 3.69. The first kappa shape index (κ1) is 18.4. The number of carbonyl (C=O) groups excluding carboxylic acids is 1. The molecule has 0 bridgehead atoms. The minimum Gasteiger partial charge on any atom is -0.491 e. The molecule has 6 heteroatoms. The van der Waals surface area contributed by atoms with Crippen molar-refractivity contribution in [3.05, 3.63) is 35.7 Å². The molecule has 1 fully saturated rings. The van der Waals surface area contributed by atoms with Crippen LogP contribution in [0, 0.1) is 5.82 Å². The van der Waals surface area contributed by atoms with Gasteiger partial charge in [0.05, 0.1) is 6.54 Å². The SMILES string of the molecule is CCC/C=C/c1cc(F)cc(OCC(O)CN2CCNC(=O)C2)c1. The molecule has 1 aromatic carbocycles. The van der Waals surface area contributed by atoms with E-state index < -0.39 is 6.10 Å². The summed E-state index contributed by atoms with van der Waals surface area (Å²) in [4.78, 5) is 13.2. The number of hydrogen-bond donors (Lipinski definition) is 2. The van der Waals surface area contributed by atoms with Gasteiger partial charge in [-0.3, -0.25) is 9.69 Å². The second-order valence-electron chi connectivity index (χ2n) is 5.96. The number of halogens is 1. The number of aliphatic hydroxyl groups is 1. The van der Waals surface area contributed by atoms with Crippen molar-refractivity contribution in [1.29, 1.82) is 0 Å². The van der Waals surface area contributed by atoms with E-state index in [9.17, 15) is 14.3 Å². The molecule has 1 atom stereocenters. The van der Waals surface area contributed by atoms with Crippen molar-refractivity contribution in [1.82, 2.24) is 10.2 Å². The molecule has 0 aromatic heterocycles. The van der Waals surface area contributed by atoms with E-state index in [1.165, 1.54) is 12.1 Å². The third-order valence-electron chi connectivity index (χ3n) is 3.69. The Morgan fingerprint density at radius 1 is 1.46 bits per heavy atom. The predicted molar refractivity (Wildman–Crippen MR) is 91.3 cm³/mol. The zero-order valence-electron chi connectivity index (χ0n) is 14.0. The highest BCUT2D eigenvalue weighted by Crippen LogP contribution is 2.18. The van der Waals surface area contributed by atoms with Gasteiger partial charge in [0, 0.05) is 25.7 Å². The topological polar surface area (TPSA) is 61.8 Å². The zero-order valence-corrected chi connectivity index (χ0v) is 14.0. The van der Waals surface area contributed by atoms with E-state index in [0.717, 1.165) is 18.4 Å². The van der Waals surface area contributed by atoms with Crippen LogP contribution in [0.5, 0.6) is 5.75 Å². The summed E-state index contributed by atoms with van der Waals surface area (Å²) in [6, 6.07) is 4.50. The van der Waals surface area contributed by atoms with Crippen LogP contribution in [0.2, 0.25) is 0 Å². The number of allylic oxidation sites excluding steroid dienone is 1. The molecule has 2 rings (SSSR count). The molecule has 1 heterocycles. The summed E-state index contributed by atoms with van der Waals surface area (Å²) in [5.41, 5.74) is 0.737. The number of aliphatic hydroxyl groups excluding tert-OH is 1. The van der Waals surface area contributed by atoms with Gasteiger partial charge in [0.25, 0.3) is 0 Å². The molecule has 2 N–H and O–H groups in total. The normalized spacial score (nSPS) is 17.0. The first-order valence-electron chi connectivity index (χ1n) is 8.34. The molecular formula is C18H25FN2O3. The fourth-order valence-electron chi connectivity index (χ4n) is 2.54. The first-order valence-corrected chi connectivity index (χ1v) is 8.34. The summed E-state index contributed by atoms with van der Waals surface area (Å²) in [7, 11) is 0. The molecule has 132 valence electrons. The average molecular weight is 336 g/mol. The van der Waals surface area contributed by atoms with E-state index in [2.05, 4.69) is 12.2 Å². The summed E-state index contributed by atoms with van der Waals surface area (Å²) in [5.74, 6) is -0.0181. The van der Waals surface area contributed by atoms with Crippen LogP contribution >= 0.6 is 0 Å². The molecule has 1 amide bonds. The molecule has 1 saturated heterocycles. The lowest BCUT2D eigenvalue weighted by Crippen LogP contribution is -2.50. The highest BCUT2D eigenvalue weighted by molar-refractivity contribution is 5.78. The number of ether oxygens (including phenoxy) is 1. The van der Waals surface area contributed by atoms with Gasteiger partial charge in [-0.15, -0.1) is 0 Å². The monoisotopic (exact) mass is 336 g/mol. The van der Waals surface area contributed by atoms with Gasteiger partial charge in [-0.05, 0) is 24.1 Å². The Labute approximate surface area is 142 Å². The Hall–Kier alpha value is -1.92. The summed E-state index contributed by atoms with van der Waals surface area (Å²) in [5, 5.41) is 12.8. The van der Waals surface area contributed by atoms with Gasteiger partial charge in [0.2, 0.25) is 5.91 Å². The first-order chi connectivity index (χ1) is 11.6. The molecule has 5 nitrogen and oxygen atoms in total. The van der Waals surface area contributed by atoms with Crippen LogP contribution in [0.3, 0.4) is 0 Å². The molecule has 0 aliphatic carbocycles. The maximum absolute atomic E-state index is 13.6. The molecule has 1 aliphatic rings. The van der Waals surface area contributed by atoms with E-state index in [1.807, 2.05) is 17.1 Å². The Balaban J connectivity index is 1.85. The lowest BCUT2D eigenvalue weighted by atomic mass is 10.1. The van der Waals surface area contributed by atoms with E-state index in [1.54, 1.807) is 6.07 Å². The average Bonchev–Trinajstić information content (AvgIpc) is 2.53. The van der Waals surface area contributed by atoms with Gasteiger partial charge >= 0.3 is 0 Å². The number of amides is 1. The number of nitrogens with one attached hydrogen (secondary N) is 1. The van der Waals surface area contributed by atoms with Gasteiger partial charge < -0.3 is 15.2 Å². The predicted octanol–water partition coefficient (Wildman–Crippen LogP) is 1.81. The second kappa shape index (κ2) is 9.39. The molecular weight excluding hydrogens is 311 g/mol. The Kier molecular flexibility index (Phi) is 7.21. The van der Waals surface area contributed by atoms with E-state index in [-0.39, 0.29) is 24.9 Å². The van der Waals surface area contributed by atoms with Crippen molar-refractivity contribution in [2.45, 2.75) is 25.9 Å². The Bertz CT molecular complexity index is 577. The van der Waals surface area contributed by atoms with E-state index in [4.69, 9.17) is 4.74 Å². The van der Waals surface area contributed by atoms with Crippen molar-refractivity contribution < 1.29 is 19.0 Å². The lowest BCUT2D eigenvalue weighted by Gasteiger charge is -2.28. The van der Waals surface area contributed by atoms with Crippen molar-refractivity contribution >= 4 is 12.0 Å². The summed E-state index contributed by atoms with van der Waals surface area (Å²) >= 11 is 0. The molecule has 0 spiro atoms. The Morgan fingerprint density at radius 3 is 3.04 bits per heavy atom. The minimum absolute atomic E-state index is 0.0389. The summed E-state index contributed by atoms with van der Waals surface area (Å²) < 4.78 is 19.2. The number of hydrogen-bond acceptors (Lipinski definition) is 4. The minimum atomic E-state index is -0.738. The quantitative estimate of drug-likeness (QED) is 0.760.